The molecule has 1 aromatic heterocycles. The maximum Gasteiger partial charge on any atom is 0.410 e. The highest BCUT2D eigenvalue weighted by Crippen LogP contribution is 2.53. The molecule has 0 spiro atoms. The molecule has 2 aromatic rings. The van der Waals surface area contributed by atoms with Crippen LogP contribution in [0.1, 0.15) is 36.1 Å². The molecule has 1 aliphatic carbocycles. The fourth-order valence-corrected chi connectivity index (χ4v) is 6.77. The van der Waals surface area contributed by atoms with Gasteiger partial charge in [0.1, 0.15) is 12.4 Å². The third-order valence-corrected chi connectivity index (χ3v) is 7.53. The summed E-state index contributed by atoms with van der Waals surface area (Å²) in [7, 11) is -1.66. The van der Waals surface area contributed by atoms with Crippen molar-refractivity contribution in [2.24, 2.45) is 0 Å². The third kappa shape index (κ3) is 4.23. The lowest BCUT2D eigenvalue weighted by atomic mass is 10.1. The molecule has 1 saturated heterocycles. The quantitative estimate of drug-likeness (QED) is 0.462. The SMILES string of the molecule is C[Si](C)(C)O[C@]12CCCN(c3nc(Cl)nc4c3CN(C(=O)OCc3ccccc3)C4)C1C2. The first-order valence-corrected chi connectivity index (χ1v) is 15.0. The summed E-state index contributed by atoms with van der Waals surface area (Å²) in [5, 5.41) is 0.223. The topological polar surface area (TPSA) is 67.8 Å². The minimum absolute atomic E-state index is 0.0556. The number of hydrogen-bond acceptors (Lipinski definition) is 6. The highest BCUT2D eigenvalue weighted by molar-refractivity contribution is 6.69. The Labute approximate surface area is 194 Å². The summed E-state index contributed by atoms with van der Waals surface area (Å²) in [4.78, 5) is 25.8. The Morgan fingerprint density at radius 2 is 2.00 bits per heavy atom. The van der Waals surface area contributed by atoms with E-state index < -0.39 is 8.32 Å². The number of carbonyl (C=O) groups excluding carboxylic acids is 1. The summed E-state index contributed by atoms with van der Waals surface area (Å²) in [6.07, 6.45) is 2.82. The summed E-state index contributed by atoms with van der Waals surface area (Å²) in [5.41, 5.74) is 2.68. The zero-order valence-electron chi connectivity index (χ0n) is 18.8. The number of anilines is 1. The largest absolute Gasteiger partial charge is 0.445 e. The van der Waals surface area contributed by atoms with Gasteiger partial charge >= 0.3 is 6.09 Å². The van der Waals surface area contributed by atoms with Gasteiger partial charge in [0.2, 0.25) is 5.28 Å². The van der Waals surface area contributed by atoms with E-state index in [2.05, 4.69) is 34.5 Å². The molecule has 170 valence electrons. The van der Waals surface area contributed by atoms with Gasteiger partial charge in [-0.05, 0) is 49.6 Å². The fraction of sp³-hybridized carbons (Fsp3) is 0.522. The van der Waals surface area contributed by atoms with Gasteiger partial charge in [-0.25, -0.2) is 14.8 Å². The van der Waals surface area contributed by atoms with Crippen molar-refractivity contribution in [1.82, 2.24) is 14.9 Å². The van der Waals surface area contributed by atoms with Crippen LogP contribution in [-0.4, -0.2) is 47.5 Å². The zero-order chi connectivity index (χ0) is 22.5. The number of nitrogens with zero attached hydrogens (tertiary/aromatic N) is 4. The Hall–Kier alpha value is -2.16. The lowest BCUT2D eigenvalue weighted by Crippen LogP contribution is -2.45. The molecule has 2 atom stereocenters. The Bertz CT molecular complexity index is 1030. The van der Waals surface area contributed by atoms with Crippen molar-refractivity contribution >= 4 is 31.8 Å². The molecule has 5 rings (SSSR count). The van der Waals surface area contributed by atoms with Gasteiger partial charge in [-0.3, -0.25) is 4.90 Å². The normalized spacial score (nSPS) is 24.2. The molecule has 1 aromatic carbocycles. The Balaban J connectivity index is 1.32. The number of carbonyl (C=O) groups is 1. The van der Waals surface area contributed by atoms with Crippen molar-refractivity contribution in [3.63, 3.8) is 0 Å². The molecule has 2 aliphatic heterocycles. The first-order valence-electron chi connectivity index (χ1n) is 11.2. The molecule has 7 nitrogen and oxygen atoms in total. The van der Waals surface area contributed by atoms with E-state index in [-0.39, 0.29) is 23.6 Å². The molecule has 32 heavy (non-hydrogen) atoms. The van der Waals surface area contributed by atoms with E-state index >= 15 is 0 Å². The molecule has 3 aliphatic rings. The molecule has 3 heterocycles. The molecule has 1 amide bonds. The van der Waals surface area contributed by atoms with Crippen molar-refractivity contribution in [2.75, 3.05) is 11.4 Å². The van der Waals surface area contributed by atoms with Crippen LogP contribution >= 0.6 is 11.6 Å². The summed E-state index contributed by atoms with van der Waals surface area (Å²) >= 11 is 6.31. The van der Waals surface area contributed by atoms with E-state index in [9.17, 15) is 4.79 Å². The van der Waals surface area contributed by atoms with Gasteiger partial charge in [-0.1, -0.05) is 30.3 Å². The van der Waals surface area contributed by atoms with Crippen molar-refractivity contribution in [2.45, 2.75) is 70.2 Å². The van der Waals surface area contributed by atoms with Crippen LogP contribution in [0.3, 0.4) is 0 Å². The molecular formula is C23H29ClN4O3Si. The molecule has 1 unspecified atom stereocenters. The van der Waals surface area contributed by atoms with Gasteiger partial charge in [0.15, 0.2) is 8.32 Å². The van der Waals surface area contributed by atoms with Crippen LogP contribution in [0, 0.1) is 0 Å². The summed E-state index contributed by atoms with van der Waals surface area (Å²) in [6, 6.07) is 10.0. The monoisotopic (exact) mass is 472 g/mol. The molecule has 2 fully saturated rings. The average molecular weight is 473 g/mol. The summed E-state index contributed by atoms with van der Waals surface area (Å²) < 4.78 is 12.1. The lowest BCUT2D eigenvalue weighted by molar-refractivity contribution is 0.0952. The van der Waals surface area contributed by atoms with Crippen LogP contribution in [0.4, 0.5) is 10.6 Å². The van der Waals surface area contributed by atoms with E-state index in [1.807, 2.05) is 30.3 Å². The van der Waals surface area contributed by atoms with E-state index in [0.717, 1.165) is 48.4 Å². The third-order valence-electron chi connectivity index (χ3n) is 6.34. The molecular weight excluding hydrogens is 444 g/mol. The Morgan fingerprint density at radius 3 is 2.75 bits per heavy atom. The van der Waals surface area contributed by atoms with Crippen LogP contribution in [0.5, 0.6) is 0 Å². The maximum absolute atomic E-state index is 12.7. The number of benzene rings is 1. The van der Waals surface area contributed by atoms with Gasteiger partial charge in [-0.15, -0.1) is 0 Å². The number of fused-ring (bicyclic) bond motifs is 2. The Morgan fingerprint density at radius 1 is 1.22 bits per heavy atom. The standard InChI is InChI=1S/C23H29ClN4O3Si/c1-32(2,3)31-23-10-7-11-28(19(23)12-23)20-17-13-27(14-18(17)25-21(24)26-20)22(29)30-15-16-8-5-4-6-9-16/h4-6,8-9,19H,7,10-15H2,1-3H3/t19?,23-/m0/s1. The first kappa shape index (κ1) is 21.7. The Kier molecular flexibility index (Phi) is 5.42. The van der Waals surface area contributed by atoms with E-state index in [1.54, 1.807) is 4.90 Å². The molecule has 0 bridgehead atoms. The van der Waals surface area contributed by atoms with E-state index in [4.69, 9.17) is 20.8 Å². The van der Waals surface area contributed by atoms with Crippen molar-refractivity contribution < 1.29 is 14.0 Å². The van der Waals surface area contributed by atoms with Crippen molar-refractivity contribution in [3.8, 4) is 0 Å². The second-order valence-electron chi connectivity index (χ2n) is 9.93. The number of amides is 1. The number of aromatic nitrogens is 2. The summed E-state index contributed by atoms with van der Waals surface area (Å²) in [6.45, 7) is 8.71. The highest BCUT2D eigenvalue weighted by atomic mass is 35.5. The van der Waals surface area contributed by atoms with E-state index in [1.165, 1.54) is 0 Å². The second kappa shape index (κ2) is 8.00. The van der Waals surface area contributed by atoms with Gasteiger partial charge in [0, 0.05) is 18.5 Å². The first-order chi connectivity index (χ1) is 15.2. The molecule has 0 radical (unpaired) electrons. The number of rotatable bonds is 5. The van der Waals surface area contributed by atoms with Crippen LogP contribution in [0.15, 0.2) is 30.3 Å². The smallest absolute Gasteiger partial charge is 0.410 e. The highest BCUT2D eigenvalue weighted by Gasteiger charge is 2.62. The van der Waals surface area contributed by atoms with Crippen LogP contribution in [0.25, 0.3) is 0 Å². The predicted molar refractivity (Wildman–Crippen MR) is 125 cm³/mol. The van der Waals surface area contributed by atoms with Crippen LogP contribution in [0.2, 0.25) is 24.9 Å². The number of halogens is 1. The van der Waals surface area contributed by atoms with Gasteiger partial charge in [0.05, 0.1) is 30.4 Å². The number of hydrogen-bond donors (Lipinski definition) is 0. The molecule has 1 saturated carbocycles. The summed E-state index contributed by atoms with van der Waals surface area (Å²) in [5.74, 6) is 0.851. The van der Waals surface area contributed by atoms with Gasteiger partial charge in [0.25, 0.3) is 0 Å². The van der Waals surface area contributed by atoms with Crippen molar-refractivity contribution in [3.05, 3.63) is 52.4 Å². The predicted octanol–water partition coefficient (Wildman–Crippen LogP) is 4.75. The number of ether oxygens (including phenoxy) is 1. The minimum Gasteiger partial charge on any atom is -0.445 e. The van der Waals surface area contributed by atoms with Crippen LogP contribution in [-0.2, 0) is 28.9 Å². The number of piperidine rings is 1. The fourth-order valence-electron chi connectivity index (χ4n) is 5.05. The van der Waals surface area contributed by atoms with Crippen LogP contribution < -0.4 is 4.90 Å². The lowest BCUT2D eigenvalue weighted by Gasteiger charge is -2.36. The van der Waals surface area contributed by atoms with Gasteiger partial charge < -0.3 is 14.1 Å². The van der Waals surface area contributed by atoms with E-state index in [0.29, 0.717) is 19.1 Å². The molecule has 9 heteroatoms. The maximum atomic E-state index is 12.7. The van der Waals surface area contributed by atoms with Gasteiger partial charge in [-0.2, -0.15) is 0 Å². The molecule has 0 N–H and O–H groups in total. The second-order valence-corrected chi connectivity index (χ2v) is 14.7. The zero-order valence-corrected chi connectivity index (χ0v) is 20.6. The van der Waals surface area contributed by atoms with Crippen molar-refractivity contribution in [1.29, 1.82) is 0 Å². The minimum atomic E-state index is -1.66. The average Bonchev–Trinajstić information content (AvgIpc) is 3.29.